The highest BCUT2D eigenvalue weighted by Gasteiger charge is 2.20. The van der Waals surface area contributed by atoms with Crippen LogP contribution in [0, 0.1) is 5.92 Å². The van der Waals surface area contributed by atoms with Crippen LogP contribution in [0.4, 0.5) is 0 Å². The quantitative estimate of drug-likeness (QED) is 0.189. The number of aromatic carboxylic acids is 1. The number of hydrogen-bond donors (Lipinski definition) is 3. The number of carbonyl (C=O) groups is 4. The summed E-state index contributed by atoms with van der Waals surface area (Å²) in [5.41, 5.74) is 5.48. The lowest BCUT2D eigenvalue weighted by molar-refractivity contribution is -0.142. The van der Waals surface area contributed by atoms with Crippen LogP contribution >= 0.6 is 0 Å². The van der Waals surface area contributed by atoms with Crippen molar-refractivity contribution in [1.82, 2.24) is 5.48 Å². The molecule has 3 N–H and O–H groups in total. The number of hydrogen-bond acceptors (Lipinski definition) is 6. The van der Waals surface area contributed by atoms with Crippen molar-refractivity contribution in [3.8, 4) is 16.9 Å². The second-order valence-corrected chi connectivity index (χ2v) is 8.42. The summed E-state index contributed by atoms with van der Waals surface area (Å²) in [5.74, 6) is -3.29. The fourth-order valence-corrected chi connectivity index (χ4v) is 3.68. The van der Waals surface area contributed by atoms with Crippen LogP contribution in [-0.4, -0.2) is 34.0 Å². The first-order chi connectivity index (χ1) is 17.7. The minimum Gasteiger partial charge on any atom is -0.481 e. The normalized spacial score (nSPS) is 11.4. The summed E-state index contributed by atoms with van der Waals surface area (Å²) < 4.78 is 4.95. The van der Waals surface area contributed by atoms with E-state index >= 15 is 0 Å². The van der Waals surface area contributed by atoms with Gasteiger partial charge in [0.15, 0.2) is 0 Å². The second-order valence-electron chi connectivity index (χ2n) is 8.42. The van der Waals surface area contributed by atoms with Crippen molar-refractivity contribution in [2.45, 2.75) is 32.8 Å². The molecule has 0 bridgehead atoms. The van der Waals surface area contributed by atoms with Crippen LogP contribution in [0.3, 0.4) is 0 Å². The van der Waals surface area contributed by atoms with Crippen molar-refractivity contribution in [2.75, 3.05) is 0 Å². The molecule has 0 fully saturated rings. The fourth-order valence-electron chi connectivity index (χ4n) is 3.68. The molecule has 0 aliphatic rings. The number of amides is 1. The average Bonchev–Trinajstić information content (AvgIpc) is 2.87. The van der Waals surface area contributed by atoms with Crippen LogP contribution < -0.4 is 10.2 Å². The van der Waals surface area contributed by atoms with E-state index in [1.165, 1.54) is 13.0 Å². The van der Waals surface area contributed by atoms with Crippen molar-refractivity contribution < 1.29 is 39.0 Å². The van der Waals surface area contributed by atoms with Crippen molar-refractivity contribution in [1.29, 1.82) is 0 Å². The molecular weight excluding hydrogens is 478 g/mol. The van der Waals surface area contributed by atoms with E-state index in [9.17, 15) is 29.4 Å². The number of ether oxygens (including phenoxy) is 1. The molecule has 0 aromatic heterocycles. The maximum atomic E-state index is 12.2. The number of carbonyl (C=O) groups excluding carboxylic acids is 2. The van der Waals surface area contributed by atoms with Crippen molar-refractivity contribution in [2.24, 2.45) is 5.92 Å². The summed E-state index contributed by atoms with van der Waals surface area (Å²) in [7, 11) is 0. The molecule has 0 radical (unpaired) electrons. The predicted molar refractivity (Wildman–Crippen MR) is 134 cm³/mol. The molecule has 3 rings (SSSR count). The zero-order valence-corrected chi connectivity index (χ0v) is 20.2. The molecule has 3 aromatic carbocycles. The molecule has 0 saturated heterocycles. The number of rotatable bonds is 12. The van der Waals surface area contributed by atoms with E-state index < -0.39 is 29.7 Å². The van der Waals surface area contributed by atoms with E-state index in [1.54, 1.807) is 54.6 Å². The molecule has 3 aromatic rings. The topological polar surface area (TPSA) is 139 Å². The molecule has 0 aliphatic heterocycles. The van der Waals surface area contributed by atoms with Gasteiger partial charge in [-0.1, -0.05) is 48.5 Å². The molecule has 9 nitrogen and oxygen atoms in total. The standard InChI is InChI=1S/C28H27NO8/c1-18(30)37-25-11-8-19(9-12-25)17-36-29-26(31)13-10-24(28(34)35)15-20-4-2-5-21(14-20)22-6-3-7-23(16-22)27(32)33/h2-9,11-12,14,16,24H,10,13,15,17H2,1H3,(H,29,31)(H,32,33)(H,34,35). The Morgan fingerprint density at radius 1 is 0.865 bits per heavy atom. The van der Waals surface area contributed by atoms with Crippen LogP contribution in [-0.2, 0) is 32.2 Å². The average molecular weight is 506 g/mol. The second kappa shape index (κ2) is 13.0. The Morgan fingerprint density at radius 2 is 1.54 bits per heavy atom. The number of carboxylic acids is 2. The number of benzene rings is 3. The monoisotopic (exact) mass is 505 g/mol. The summed E-state index contributed by atoms with van der Waals surface area (Å²) in [6, 6.07) is 20.4. The predicted octanol–water partition coefficient (Wildman–Crippen LogP) is 4.25. The van der Waals surface area contributed by atoms with Crippen molar-refractivity contribution in [3.05, 3.63) is 89.5 Å². The number of esters is 1. The Kier molecular flexibility index (Phi) is 9.51. The lowest BCUT2D eigenvalue weighted by atomic mass is 9.92. The highest BCUT2D eigenvalue weighted by molar-refractivity contribution is 5.89. The summed E-state index contributed by atoms with van der Waals surface area (Å²) in [6.07, 6.45) is 0.285. The van der Waals surface area contributed by atoms with Crippen LogP contribution in [0.15, 0.2) is 72.8 Å². The summed E-state index contributed by atoms with van der Waals surface area (Å²) in [4.78, 5) is 51.4. The maximum absolute atomic E-state index is 12.2. The Morgan fingerprint density at radius 3 is 2.19 bits per heavy atom. The van der Waals surface area contributed by atoms with Gasteiger partial charge in [0.25, 0.3) is 0 Å². The molecular formula is C28H27NO8. The van der Waals surface area contributed by atoms with Gasteiger partial charge in [0.05, 0.1) is 18.1 Å². The lowest BCUT2D eigenvalue weighted by Crippen LogP contribution is -2.25. The Balaban J connectivity index is 1.51. The molecule has 1 amide bonds. The summed E-state index contributed by atoms with van der Waals surface area (Å²) in [6.45, 7) is 1.39. The molecule has 1 unspecified atom stereocenters. The first-order valence-corrected chi connectivity index (χ1v) is 11.5. The van der Waals surface area contributed by atoms with Crippen LogP contribution in [0.5, 0.6) is 5.75 Å². The van der Waals surface area contributed by atoms with Crippen molar-refractivity contribution in [3.63, 3.8) is 0 Å². The molecule has 192 valence electrons. The smallest absolute Gasteiger partial charge is 0.335 e. The van der Waals surface area contributed by atoms with Gasteiger partial charge in [-0.05, 0) is 59.4 Å². The van der Waals surface area contributed by atoms with E-state index in [2.05, 4.69) is 5.48 Å². The van der Waals surface area contributed by atoms with Gasteiger partial charge >= 0.3 is 17.9 Å². The molecule has 1 atom stereocenters. The van der Waals surface area contributed by atoms with Gasteiger partial charge in [-0.25, -0.2) is 10.3 Å². The third-order valence-corrected chi connectivity index (χ3v) is 5.53. The Labute approximate surface area is 213 Å². The van der Waals surface area contributed by atoms with Gasteiger partial charge < -0.3 is 14.9 Å². The molecule has 0 saturated carbocycles. The first kappa shape index (κ1) is 27.1. The molecule has 0 spiro atoms. The minimum absolute atomic E-state index is 0.0390. The summed E-state index contributed by atoms with van der Waals surface area (Å²) in [5, 5.41) is 18.9. The van der Waals surface area contributed by atoms with Crippen LogP contribution in [0.25, 0.3) is 11.1 Å². The van der Waals surface area contributed by atoms with Crippen molar-refractivity contribution >= 4 is 23.8 Å². The minimum atomic E-state index is -1.02. The van der Waals surface area contributed by atoms with Gasteiger partial charge in [-0.3, -0.25) is 19.2 Å². The molecule has 37 heavy (non-hydrogen) atoms. The zero-order chi connectivity index (χ0) is 26.8. The van der Waals surface area contributed by atoms with Crippen LogP contribution in [0.1, 0.15) is 41.3 Å². The summed E-state index contributed by atoms with van der Waals surface area (Å²) >= 11 is 0. The Hall–Kier alpha value is -4.50. The highest BCUT2D eigenvalue weighted by atomic mass is 16.6. The third-order valence-electron chi connectivity index (χ3n) is 5.53. The first-order valence-electron chi connectivity index (χ1n) is 11.5. The molecule has 9 heteroatoms. The van der Waals surface area contributed by atoms with Crippen LogP contribution in [0.2, 0.25) is 0 Å². The van der Waals surface area contributed by atoms with Gasteiger partial charge in [0.2, 0.25) is 5.91 Å². The van der Waals surface area contributed by atoms with E-state index in [4.69, 9.17) is 9.57 Å². The third kappa shape index (κ3) is 8.59. The molecule has 0 aliphatic carbocycles. The van der Waals surface area contributed by atoms with Gasteiger partial charge in [-0.2, -0.15) is 0 Å². The highest BCUT2D eigenvalue weighted by Crippen LogP contribution is 2.24. The largest absolute Gasteiger partial charge is 0.481 e. The maximum Gasteiger partial charge on any atom is 0.335 e. The number of nitrogens with one attached hydrogen (secondary N) is 1. The number of aliphatic carboxylic acids is 1. The zero-order valence-electron chi connectivity index (χ0n) is 20.2. The fraction of sp³-hybridized carbons (Fsp3) is 0.214. The SMILES string of the molecule is CC(=O)Oc1ccc(CONC(=O)CCC(Cc2cccc(-c3cccc(C(=O)O)c3)c2)C(=O)O)cc1. The van der Waals surface area contributed by atoms with E-state index in [0.29, 0.717) is 11.3 Å². The molecule has 0 heterocycles. The number of carboxylic acid groups (broad SMARTS) is 2. The van der Waals surface area contributed by atoms with E-state index in [1.807, 2.05) is 12.1 Å². The van der Waals surface area contributed by atoms with Gasteiger partial charge in [0, 0.05) is 13.3 Å². The van der Waals surface area contributed by atoms with E-state index in [-0.39, 0.29) is 31.4 Å². The van der Waals surface area contributed by atoms with Gasteiger partial charge in [0.1, 0.15) is 5.75 Å². The van der Waals surface area contributed by atoms with E-state index in [0.717, 1.165) is 16.7 Å². The Bertz CT molecular complexity index is 1270. The lowest BCUT2D eigenvalue weighted by Gasteiger charge is -2.14. The van der Waals surface area contributed by atoms with Gasteiger partial charge in [-0.15, -0.1) is 0 Å². The number of hydroxylamine groups is 1.